The van der Waals surface area contributed by atoms with Crippen LogP contribution in [0.3, 0.4) is 0 Å². The van der Waals surface area contributed by atoms with Gasteiger partial charge in [-0.1, -0.05) is 11.6 Å². The molecule has 0 radical (unpaired) electrons. The molecule has 5 nitrogen and oxygen atoms in total. The number of carbonyl (C=O) groups excluding carboxylic acids is 2. The Morgan fingerprint density at radius 3 is 2.95 bits per heavy atom. The maximum Gasteiger partial charge on any atom is 0.252 e. The number of amides is 2. The van der Waals surface area contributed by atoms with E-state index in [-0.39, 0.29) is 11.8 Å². The fraction of sp³-hybridized carbons (Fsp3) is 0.385. The number of nitrogens with one attached hydrogen (secondary N) is 2. The highest BCUT2D eigenvalue weighted by atomic mass is 35.5. The third kappa shape index (κ3) is 3.38. The first-order chi connectivity index (χ1) is 9.08. The minimum Gasteiger partial charge on any atom is -0.398 e. The molecule has 4 N–H and O–H groups in total. The summed E-state index contributed by atoms with van der Waals surface area (Å²) in [4.78, 5) is 23.8. The monoisotopic (exact) mass is 281 g/mol. The van der Waals surface area contributed by atoms with Crippen LogP contribution in [0.4, 0.5) is 5.69 Å². The van der Waals surface area contributed by atoms with E-state index in [1.54, 1.807) is 12.1 Å². The predicted molar refractivity (Wildman–Crippen MR) is 74.0 cm³/mol. The second-order valence-corrected chi connectivity index (χ2v) is 4.96. The Bertz CT molecular complexity index is 505. The summed E-state index contributed by atoms with van der Waals surface area (Å²) in [6.45, 7) is 0.666. The summed E-state index contributed by atoms with van der Waals surface area (Å²) in [5.41, 5.74) is 6.40. The Morgan fingerprint density at radius 1 is 1.42 bits per heavy atom. The third-order valence-electron chi connectivity index (χ3n) is 3.10. The summed E-state index contributed by atoms with van der Waals surface area (Å²) in [5, 5.41) is 5.90. The lowest BCUT2D eigenvalue weighted by Gasteiger charge is -2.15. The quantitative estimate of drug-likeness (QED) is 0.715. The van der Waals surface area contributed by atoms with Gasteiger partial charge in [0.15, 0.2) is 0 Å². The number of hydrogen-bond acceptors (Lipinski definition) is 3. The molecule has 1 unspecified atom stereocenters. The SMILES string of the molecule is Nc1cc(C(=O)NC2CCCCNC2=O)ccc1Cl. The lowest BCUT2D eigenvalue weighted by atomic mass is 10.1. The predicted octanol–water partition coefficient (Wildman–Crippen LogP) is 1.32. The van der Waals surface area contributed by atoms with Crippen LogP contribution < -0.4 is 16.4 Å². The van der Waals surface area contributed by atoms with Gasteiger partial charge in [-0.15, -0.1) is 0 Å². The van der Waals surface area contributed by atoms with Crippen LogP contribution in [-0.4, -0.2) is 24.4 Å². The molecule has 102 valence electrons. The Hall–Kier alpha value is -1.75. The highest BCUT2D eigenvalue weighted by Crippen LogP contribution is 2.19. The summed E-state index contributed by atoms with van der Waals surface area (Å²) >= 11 is 5.80. The molecule has 2 rings (SSSR count). The van der Waals surface area contributed by atoms with Gasteiger partial charge >= 0.3 is 0 Å². The topological polar surface area (TPSA) is 84.2 Å². The van der Waals surface area contributed by atoms with Gasteiger partial charge in [-0.2, -0.15) is 0 Å². The molecule has 1 aliphatic rings. The van der Waals surface area contributed by atoms with Crippen molar-refractivity contribution in [3.8, 4) is 0 Å². The second-order valence-electron chi connectivity index (χ2n) is 4.55. The van der Waals surface area contributed by atoms with Crippen LogP contribution in [0, 0.1) is 0 Å². The molecule has 6 heteroatoms. The first-order valence-electron chi connectivity index (χ1n) is 6.21. The van der Waals surface area contributed by atoms with Crippen LogP contribution in [0.2, 0.25) is 5.02 Å². The smallest absolute Gasteiger partial charge is 0.252 e. The number of benzene rings is 1. The Labute approximate surface area is 116 Å². The van der Waals surface area contributed by atoms with Gasteiger partial charge in [0.05, 0.1) is 10.7 Å². The fourth-order valence-electron chi connectivity index (χ4n) is 2.00. The van der Waals surface area contributed by atoms with Crippen molar-refractivity contribution in [2.45, 2.75) is 25.3 Å². The molecule has 1 aromatic carbocycles. The van der Waals surface area contributed by atoms with E-state index in [1.807, 2.05) is 0 Å². The number of rotatable bonds is 2. The van der Waals surface area contributed by atoms with Crippen molar-refractivity contribution < 1.29 is 9.59 Å². The third-order valence-corrected chi connectivity index (χ3v) is 3.44. The standard InChI is InChI=1S/C13H16ClN3O2/c14-9-5-4-8(7-10(9)15)12(18)17-11-3-1-2-6-16-13(11)19/h4-5,7,11H,1-3,6,15H2,(H,16,19)(H,17,18). The van der Waals surface area contributed by atoms with Crippen LogP contribution in [0.5, 0.6) is 0 Å². The van der Waals surface area contributed by atoms with Gasteiger partial charge in [0.1, 0.15) is 6.04 Å². The van der Waals surface area contributed by atoms with Crippen molar-refractivity contribution in [3.05, 3.63) is 28.8 Å². The molecule has 0 spiro atoms. The lowest BCUT2D eigenvalue weighted by molar-refractivity contribution is -0.122. The van der Waals surface area contributed by atoms with E-state index in [4.69, 9.17) is 17.3 Å². The van der Waals surface area contributed by atoms with Crippen LogP contribution in [0.25, 0.3) is 0 Å². The van der Waals surface area contributed by atoms with E-state index in [9.17, 15) is 9.59 Å². The van der Waals surface area contributed by atoms with Crippen LogP contribution in [0.15, 0.2) is 18.2 Å². The van der Waals surface area contributed by atoms with Gasteiger partial charge in [-0.05, 0) is 37.5 Å². The van der Waals surface area contributed by atoms with Crippen molar-refractivity contribution in [1.29, 1.82) is 0 Å². The lowest BCUT2D eigenvalue weighted by Crippen LogP contribution is -2.45. The first kappa shape index (κ1) is 13.7. The largest absolute Gasteiger partial charge is 0.398 e. The number of hydrogen-bond donors (Lipinski definition) is 3. The molecule has 0 saturated carbocycles. The molecule has 1 aromatic rings. The van der Waals surface area contributed by atoms with Crippen molar-refractivity contribution >= 4 is 29.1 Å². The summed E-state index contributed by atoms with van der Waals surface area (Å²) in [7, 11) is 0. The van der Waals surface area contributed by atoms with Crippen molar-refractivity contribution in [3.63, 3.8) is 0 Å². The van der Waals surface area contributed by atoms with Crippen molar-refractivity contribution in [1.82, 2.24) is 10.6 Å². The number of nitrogen functional groups attached to an aromatic ring is 1. The maximum absolute atomic E-state index is 12.0. The van der Waals surface area contributed by atoms with Crippen molar-refractivity contribution in [2.24, 2.45) is 0 Å². The molecule has 1 saturated heterocycles. The number of halogens is 1. The van der Waals surface area contributed by atoms with Gasteiger partial charge < -0.3 is 16.4 Å². The maximum atomic E-state index is 12.0. The molecular weight excluding hydrogens is 266 g/mol. The van der Waals surface area contributed by atoms with E-state index >= 15 is 0 Å². The van der Waals surface area contributed by atoms with E-state index in [0.29, 0.717) is 29.2 Å². The summed E-state index contributed by atoms with van der Waals surface area (Å²) in [6.07, 6.45) is 2.50. The zero-order chi connectivity index (χ0) is 13.8. The molecule has 0 aliphatic carbocycles. The second kappa shape index (κ2) is 5.93. The molecule has 1 atom stereocenters. The van der Waals surface area contributed by atoms with Gasteiger partial charge in [-0.25, -0.2) is 0 Å². The molecule has 2 amide bonds. The van der Waals surface area contributed by atoms with Crippen LogP contribution in [-0.2, 0) is 4.79 Å². The van der Waals surface area contributed by atoms with Gasteiger partial charge in [0.2, 0.25) is 5.91 Å². The molecule has 0 bridgehead atoms. The van der Waals surface area contributed by atoms with E-state index < -0.39 is 6.04 Å². The average molecular weight is 282 g/mol. The molecule has 19 heavy (non-hydrogen) atoms. The van der Waals surface area contributed by atoms with E-state index in [2.05, 4.69) is 10.6 Å². The Kier molecular flexibility index (Phi) is 4.27. The van der Waals surface area contributed by atoms with Gasteiger partial charge in [0, 0.05) is 12.1 Å². The minimum absolute atomic E-state index is 0.132. The average Bonchev–Trinajstić information content (AvgIpc) is 2.58. The summed E-state index contributed by atoms with van der Waals surface area (Å²) in [5.74, 6) is -0.446. The molecular formula is C13H16ClN3O2. The normalized spacial score (nSPS) is 19.4. The summed E-state index contributed by atoms with van der Waals surface area (Å²) < 4.78 is 0. The highest BCUT2D eigenvalue weighted by molar-refractivity contribution is 6.33. The fourth-order valence-corrected chi connectivity index (χ4v) is 2.12. The Morgan fingerprint density at radius 2 is 2.21 bits per heavy atom. The molecule has 0 aromatic heterocycles. The minimum atomic E-state index is -0.480. The number of carbonyl (C=O) groups is 2. The van der Waals surface area contributed by atoms with Gasteiger partial charge in [-0.3, -0.25) is 9.59 Å². The summed E-state index contributed by atoms with van der Waals surface area (Å²) in [6, 6.07) is 4.18. The number of nitrogens with two attached hydrogens (primary N) is 1. The molecule has 1 heterocycles. The molecule has 1 fully saturated rings. The zero-order valence-corrected chi connectivity index (χ0v) is 11.2. The molecule has 1 aliphatic heterocycles. The zero-order valence-electron chi connectivity index (χ0n) is 10.4. The van der Waals surface area contributed by atoms with E-state index in [1.165, 1.54) is 6.07 Å². The first-order valence-corrected chi connectivity index (χ1v) is 6.59. The van der Waals surface area contributed by atoms with Crippen LogP contribution in [0.1, 0.15) is 29.6 Å². The van der Waals surface area contributed by atoms with Crippen LogP contribution >= 0.6 is 11.6 Å². The van der Waals surface area contributed by atoms with Crippen molar-refractivity contribution in [2.75, 3.05) is 12.3 Å². The van der Waals surface area contributed by atoms with Gasteiger partial charge in [0.25, 0.3) is 5.91 Å². The van der Waals surface area contributed by atoms with E-state index in [0.717, 1.165) is 12.8 Å². The Balaban J connectivity index is 2.07. The highest BCUT2D eigenvalue weighted by Gasteiger charge is 2.22. The number of anilines is 1.